The highest BCUT2D eigenvalue weighted by molar-refractivity contribution is 6.45. The molecule has 6 heteroatoms. The highest BCUT2D eigenvalue weighted by atomic mass is 35.5. The molecule has 0 radical (unpaired) electrons. The molecular formula is C25H27ClN2O3. The fraction of sp³-hybridized carbons (Fsp3) is 0.360. The lowest BCUT2D eigenvalue weighted by Crippen LogP contribution is -2.37. The first-order valence-electron chi connectivity index (χ1n) is 10.8. The van der Waals surface area contributed by atoms with Gasteiger partial charge in [-0.3, -0.25) is 9.59 Å². The molecule has 0 unspecified atom stereocenters. The van der Waals surface area contributed by atoms with E-state index < -0.39 is 0 Å². The molecule has 0 spiro atoms. The van der Waals surface area contributed by atoms with E-state index in [2.05, 4.69) is 4.90 Å². The third kappa shape index (κ3) is 4.19. The zero-order valence-electron chi connectivity index (χ0n) is 18.2. The van der Waals surface area contributed by atoms with Crippen molar-refractivity contribution in [2.24, 2.45) is 0 Å². The van der Waals surface area contributed by atoms with Crippen LogP contribution in [-0.4, -0.2) is 35.9 Å². The standard InChI is InChI=1S/C25H27ClN2O3/c1-16(2)31-20-11-8-18(9-12-20)22-23(27-13-5-4-6-14-27)25(30)28(24(22)29)19-10-7-17(3)21(26)15-19/h7-12,15-16H,4-6,13-14H2,1-3H3. The van der Waals surface area contributed by atoms with Crippen LogP contribution in [0.5, 0.6) is 5.75 Å². The molecule has 2 aliphatic heterocycles. The summed E-state index contributed by atoms with van der Waals surface area (Å²) in [5.41, 5.74) is 3.04. The van der Waals surface area contributed by atoms with Crippen molar-refractivity contribution < 1.29 is 14.3 Å². The van der Waals surface area contributed by atoms with Crippen LogP contribution in [0.2, 0.25) is 5.02 Å². The molecule has 0 aromatic heterocycles. The second kappa shape index (κ2) is 8.75. The van der Waals surface area contributed by atoms with E-state index in [4.69, 9.17) is 16.3 Å². The maximum atomic E-state index is 13.6. The number of carbonyl (C=O) groups is 2. The van der Waals surface area contributed by atoms with Crippen molar-refractivity contribution in [2.45, 2.75) is 46.1 Å². The van der Waals surface area contributed by atoms with Gasteiger partial charge in [0.2, 0.25) is 0 Å². The van der Waals surface area contributed by atoms with Crippen LogP contribution in [0.3, 0.4) is 0 Å². The summed E-state index contributed by atoms with van der Waals surface area (Å²) in [7, 11) is 0. The van der Waals surface area contributed by atoms with Crippen LogP contribution in [0, 0.1) is 6.92 Å². The second-order valence-electron chi connectivity index (χ2n) is 8.34. The van der Waals surface area contributed by atoms with E-state index >= 15 is 0 Å². The molecule has 2 aromatic carbocycles. The Morgan fingerprint density at radius 2 is 1.61 bits per heavy atom. The second-order valence-corrected chi connectivity index (χ2v) is 8.75. The summed E-state index contributed by atoms with van der Waals surface area (Å²) in [5.74, 6) is 0.130. The van der Waals surface area contributed by atoms with Crippen molar-refractivity contribution in [1.29, 1.82) is 0 Å². The van der Waals surface area contributed by atoms with Gasteiger partial charge >= 0.3 is 0 Å². The quantitative estimate of drug-likeness (QED) is 0.601. The molecule has 1 saturated heterocycles. The van der Waals surface area contributed by atoms with Crippen LogP contribution >= 0.6 is 11.6 Å². The molecule has 31 heavy (non-hydrogen) atoms. The van der Waals surface area contributed by atoms with Crippen LogP contribution in [0.1, 0.15) is 44.2 Å². The molecule has 4 rings (SSSR count). The van der Waals surface area contributed by atoms with Gasteiger partial charge in [0.15, 0.2) is 0 Å². The maximum Gasteiger partial charge on any atom is 0.282 e. The number of anilines is 1. The van der Waals surface area contributed by atoms with Gasteiger partial charge in [-0.15, -0.1) is 0 Å². The first-order valence-corrected chi connectivity index (χ1v) is 11.2. The number of hydrogen-bond acceptors (Lipinski definition) is 4. The summed E-state index contributed by atoms with van der Waals surface area (Å²) in [5, 5.41) is 0.529. The minimum absolute atomic E-state index is 0.0606. The van der Waals surface area contributed by atoms with E-state index in [1.54, 1.807) is 12.1 Å². The van der Waals surface area contributed by atoms with Crippen molar-refractivity contribution in [2.75, 3.05) is 18.0 Å². The molecule has 0 atom stereocenters. The number of imide groups is 1. The van der Waals surface area contributed by atoms with Crippen LogP contribution in [0.4, 0.5) is 5.69 Å². The Bertz CT molecular complexity index is 1040. The number of hydrogen-bond donors (Lipinski definition) is 0. The van der Waals surface area contributed by atoms with E-state index in [1.165, 1.54) is 4.90 Å². The smallest absolute Gasteiger partial charge is 0.282 e. The normalized spacial score (nSPS) is 17.2. The third-order valence-electron chi connectivity index (χ3n) is 5.66. The Labute approximate surface area is 188 Å². The van der Waals surface area contributed by atoms with Gasteiger partial charge < -0.3 is 9.64 Å². The van der Waals surface area contributed by atoms with Gasteiger partial charge in [0.25, 0.3) is 11.8 Å². The van der Waals surface area contributed by atoms with Gasteiger partial charge in [-0.1, -0.05) is 29.8 Å². The Hall–Kier alpha value is -2.79. The predicted molar refractivity (Wildman–Crippen MR) is 123 cm³/mol. The Kier molecular flexibility index (Phi) is 6.05. The molecular weight excluding hydrogens is 412 g/mol. The van der Waals surface area contributed by atoms with Gasteiger partial charge in [0.1, 0.15) is 11.4 Å². The number of piperidine rings is 1. The van der Waals surface area contributed by atoms with Crippen molar-refractivity contribution in [3.05, 3.63) is 64.3 Å². The minimum Gasteiger partial charge on any atom is -0.491 e. The van der Waals surface area contributed by atoms with Gasteiger partial charge in [-0.05, 0) is 75.4 Å². The lowest BCUT2D eigenvalue weighted by atomic mass is 10.0. The molecule has 2 aliphatic rings. The summed E-state index contributed by atoms with van der Waals surface area (Å²) in [6, 6.07) is 12.7. The Morgan fingerprint density at radius 3 is 2.23 bits per heavy atom. The lowest BCUT2D eigenvalue weighted by molar-refractivity contribution is -0.120. The molecule has 0 saturated carbocycles. The molecule has 1 fully saturated rings. The van der Waals surface area contributed by atoms with E-state index in [0.29, 0.717) is 22.0 Å². The zero-order valence-corrected chi connectivity index (χ0v) is 18.9. The predicted octanol–water partition coefficient (Wildman–Crippen LogP) is 5.21. The first kappa shape index (κ1) is 21.4. The number of amides is 2. The fourth-order valence-corrected chi connectivity index (χ4v) is 4.29. The van der Waals surface area contributed by atoms with Crippen molar-refractivity contribution in [3.63, 3.8) is 0 Å². The van der Waals surface area contributed by atoms with Crippen LogP contribution in [0.15, 0.2) is 48.2 Å². The highest BCUT2D eigenvalue weighted by Gasteiger charge is 2.42. The monoisotopic (exact) mass is 438 g/mol. The van der Waals surface area contributed by atoms with E-state index in [-0.39, 0.29) is 17.9 Å². The molecule has 5 nitrogen and oxygen atoms in total. The number of rotatable bonds is 5. The summed E-state index contributed by atoms with van der Waals surface area (Å²) in [4.78, 5) is 30.4. The van der Waals surface area contributed by atoms with Crippen molar-refractivity contribution in [3.8, 4) is 5.75 Å². The van der Waals surface area contributed by atoms with Gasteiger partial charge in [-0.25, -0.2) is 4.90 Å². The number of aryl methyl sites for hydroxylation is 1. The summed E-state index contributed by atoms with van der Waals surface area (Å²) >= 11 is 6.30. The number of nitrogens with zero attached hydrogens (tertiary/aromatic N) is 2. The van der Waals surface area contributed by atoms with E-state index in [1.807, 2.05) is 51.1 Å². The van der Waals surface area contributed by atoms with Gasteiger partial charge in [0.05, 0.1) is 17.4 Å². The highest BCUT2D eigenvalue weighted by Crippen LogP contribution is 2.37. The lowest BCUT2D eigenvalue weighted by Gasteiger charge is -2.29. The largest absolute Gasteiger partial charge is 0.491 e. The zero-order chi connectivity index (χ0) is 22.1. The van der Waals surface area contributed by atoms with E-state index in [9.17, 15) is 9.59 Å². The first-order chi connectivity index (χ1) is 14.9. The van der Waals surface area contributed by atoms with Gasteiger partial charge in [-0.2, -0.15) is 0 Å². The summed E-state index contributed by atoms with van der Waals surface area (Å²) in [6.45, 7) is 7.37. The third-order valence-corrected chi connectivity index (χ3v) is 6.07. The Balaban J connectivity index is 1.77. The Morgan fingerprint density at radius 1 is 0.935 bits per heavy atom. The topological polar surface area (TPSA) is 49.9 Å². The number of likely N-dealkylation sites (tertiary alicyclic amines) is 1. The number of ether oxygens (including phenoxy) is 1. The summed E-state index contributed by atoms with van der Waals surface area (Å²) < 4.78 is 5.73. The minimum atomic E-state index is -0.317. The average Bonchev–Trinajstić information content (AvgIpc) is 3.01. The summed E-state index contributed by atoms with van der Waals surface area (Å²) in [6.07, 6.45) is 3.22. The van der Waals surface area contributed by atoms with Crippen LogP contribution in [-0.2, 0) is 9.59 Å². The van der Waals surface area contributed by atoms with E-state index in [0.717, 1.165) is 49.2 Å². The SMILES string of the molecule is Cc1ccc(N2C(=O)C(c3ccc(OC(C)C)cc3)=C(N3CCCCC3)C2=O)cc1Cl. The van der Waals surface area contributed by atoms with Crippen molar-refractivity contribution in [1.82, 2.24) is 4.90 Å². The molecule has 2 heterocycles. The molecule has 0 bridgehead atoms. The van der Waals surface area contributed by atoms with Crippen LogP contribution < -0.4 is 9.64 Å². The molecule has 0 aliphatic carbocycles. The maximum absolute atomic E-state index is 13.6. The molecule has 2 amide bonds. The number of halogens is 1. The molecule has 162 valence electrons. The van der Waals surface area contributed by atoms with Gasteiger partial charge in [0, 0.05) is 18.1 Å². The molecule has 0 N–H and O–H groups in total. The fourth-order valence-electron chi connectivity index (χ4n) is 4.12. The number of benzene rings is 2. The average molecular weight is 439 g/mol. The number of carbonyl (C=O) groups excluding carboxylic acids is 2. The molecule has 2 aromatic rings. The van der Waals surface area contributed by atoms with Crippen molar-refractivity contribution >= 4 is 34.7 Å². The van der Waals surface area contributed by atoms with Crippen LogP contribution in [0.25, 0.3) is 5.57 Å².